The van der Waals surface area contributed by atoms with E-state index >= 15 is 0 Å². The first-order valence-corrected chi connectivity index (χ1v) is 8.56. The molecule has 1 N–H and O–H groups in total. The van der Waals surface area contributed by atoms with E-state index in [1.807, 2.05) is 13.8 Å². The number of anilines is 2. The zero-order valence-electron chi connectivity index (χ0n) is 14.7. The zero-order chi connectivity index (χ0) is 18.7. The van der Waals surface area contributed by atoms with Gasteiger partial charge in [0.25, 0.3) is 0 Å². The third-order valence-corrected chi connectivity index (χ3v) is 4.13. The lowest BCUT2D eigenvalue weighted by atomic mass is 10.1. The van der Waals surface area contributed by atoms with E-state index in [0.29, 0.717) is 11.4 Å². The van der Waals surface area contributed by atoms with Gasteiger partial charge in [-0.15, -0.1) is 0 Å². The maximum absolute atomic E-state index is 13.0. The lowest BCUT2D eigenvalue weighted by Crippen LogP contribution is -2.28. The SMILES string of the molecule is CC(C)Oc1ccc(NC(=O)C2CC(=O)N(c3ccc(F)cc3)C2)cc1. The summed E-state index contributed by atoms with van der Waals surface area (Å²) in [6, 6.07) is 12.8. The Hall–Kier alpha value is -2.89. The molecule has 6 heteroatoms. The minimum absolute atomic E-state index is 0.0809. The van der Waals surface area contributed by atoms with Gasteiger partial charge in [0.15, 0.2) is 0 Å². The molecule has 2 amide bonds. The van der Waals surface area contributed by atoms with Crippen LogP contribution >= 0.6 is 0 Å². The van der Waals surface area contributed by atoms with Crippen LogP contribution in [0.25, 0.3) is 0 Å². The summed E-state index contributed by atoms with van der Waals surface area (Å²) in [5, 5.41) is 2.83. The summed E-state index contributed by atoms with van der Waals surface area (Å²) in [7, 11) is 0. The Morgan fingerprint density at radius 2 is 1.81 bits per heavy atom. The molecule has 2 aromatic carbocycles. The summed E-state index contributed by atoms with van der Waals surface area (Å²) in [6.07, 6.45) is 0.218. The van der Waals surface area contributed by atoms with E-state index in [4.69, 9.17) is 4.74 Å². The highest BCUT2D eigenvalue weighted by Crippen LogP contribution is 2.26. The molecule has 5 nitrogen and oxygen atoms in total. The lowest BCUT2D eigenvalue weighted by Gasteiger charge is -2.16. The zero-order valence-corrected chi connectivity index (χ0v) is 14.7. The van der Waals surface area contributed by atoms with Crippen LogP contribution in [0.4, 0.5) is 15.8 Å². The van der Waals surface area contributed by atoms with E-state index in [0.717, 1.165) is 5.75 Å². The number of amides is 2. The monoisotopic (exact) mass is 356 g/mol. The molecule has 0 radical (unpaired) electrons. The highest BCUT2D eigenvalue weighted by molar-refractivity contribution is 6.03. The molecule has 3 rings (SSSR count). The summed E-state index contributed by atoms with van der Waals surface area (Å²) in [5.74, 6) is -0.423. The van der Waals surface area contributed by atoms with E-state index in [2.05, 4.69) is 5.32 Å². The molecule has 0 bridgehead atoms. The maximum Gasteiger partial charge on any atom is 0.229 e. The maximum atomic E-state index is 13.0. The average Bonchev–Trinajstić information content (AvgIpc) is 2.99. The largest absolute Gasteiger partial charge is 0.491 e. The molecule has 0 aliphatic carbocycles. The molecule has 0 aromatic heterocycles. The van der Waals surface area contributed by atoms with Crippen molar-refractivity contribution in [3.05, 3.63) is 54.3 Å². The van der Waals surface area contributed by atoms with Crippen LogP contribution in [0, 0.1) is 11.7 Å². The van der Waals surface area contributed by atoms with Crippen LogP contribution in [0.1, 0.15) is 20.3 Å². The molecular weight excluding hydrogens is 335 g/mol. The Bertz CT molecular complexity index is 788. The van der Waals surface area contributed by atoms with Gasteiger partial charge in [0, 0.05) is 24.3 Å². The Kier molecular flexibility index (Phi) is 5.21. The summed E-state index contributed by atoms with van der Waals surface area (Å²) >= 11 is 0. The highest BCUT2D eigenvalue weighted by Gasteiger charge is 2.35. The number of ether oxygens (including phenoxy) is 1. The number of nitrogens with one attached hydrogen (secondary N) is 1. The van der Waals surface area contributed by atoms with E-state index < -0.39 is 5.92 Å². The van der Waals surface area contributed by atoms with Crippen LogP contribution in [0.5, 0.6) is 5.75 Å². The fourth-order valence-corrected chi connectivity index (χ4v) is 2.89. The van der Waals surface area contributed by atoms with Gasteiger partial charge in [0.2, 0.25) is 11.8 Å². The van der Waals surface area contributed by atoms with Crippen LogP contribution in [0.2, 0.25) is 0 Å². The Labute approximate surface area is 151 Å². The second kappa shape index (κ2) is 7.56. The quantitative estimate of drug-likeness (QED) is 0.890. The topological polar surface area (TPSA) is 58.6 Å². The number of rotatable bonds is 5. The third-order valence-electron chi connectivity index (χ3n) is 4.13. The van der Waals surface area contributed by atoms with E-state index in [1.54, 1.807) is 36.4 Å². The van der Waals surface area contributed by atoms with Crippen LogP contribution in [-0.2, 0) is 9.59 Å². The predicted octanol–water partition coefficient (Wildman–Crippen LogP) is 3.60. The van der Waals surface area contributed by atoms with E-state index in [1.165, 1.54) is 17.0 Å². The van der Waals surface area contributed by atoms with E-state index in [9.17, 15) is 14.0 Å². The van der Waals surface area contributed by atoms with Gasteiger partial charge in [-0.2, -0.15) is 0 Å². The minimum atomic E-state index is -0.445. The molecule has 1 aliphatic rings. The summed E-state index contributed by atoms with van der Waals surface area (Å²) in [4.78, 5) is 26.2. The fourth-order valence-electron chi connectivity index (χ4n) is 2.89. The molecule has 1 aliphatic heterocycles. The molecule has 2 aromatic rings. The van der Waals surface area contributed by atoms with Crippen molar-refractivity contribution in [2.75, 3.05) is 16.8 Å². The molecule has 1 heterocycles. The number of hydrogen-bond donors (Lipinski definition) is 1. The molecular formula is C20H21FN2O3. The van der Waals surface area contributed by atoms with Gasteiger partial charge in [-0.1, -0.05) is 0 Å². The third kappa shape index (κ3) is 4.20. The van der Waals surface area contributed by atoms with Crippen molar-refractivity contribution >= 4 is 23.2 Å². The lowest BCUT2D eigenvalue weighted by molar-refractivity contribution is -0.122. The summed E-state index contributed by atoms with van der Waals surface area (Å²) in [5.41, 5.74) is 1.25. The number of carbonyl (C=O) groups excluding carboxylic acids is 2. The number of carbonyl (C=O) groups is 2. The number of halogens is 1. The van der Waals surface area contributed by atoms with Crippen molar-refractivity contribution in [2.45, 2.75) is 26.4 Å². The number of hydrogen-bond acceptors (Lipinski definition) is 3. The molecule has 1 fully saturated rings. The average molecular weight is 356 g/mol. The number of benzene rings is 2. The van der Waals surface area contributed by atoms with Crippen LogP contribution in [0.3, 0.4) is 0 Å². The van der Waals surface area contributed by atoms with Crippen molar-refractivity contribution in [3.63, 3.8) is 0 Å². The summed E-state index contributed by atoms with van der Waals surface area (Å²) in [6.45, 7) is 4.17. The van der Waals surface area contributed by atoms with Crippen LogP contribution in [0.15, 0.2) is 48.5 Å². The molecule has 0 spiro atoms. The predicted molar refractivity (Wildman–Crippen MR) is 97.7 cm³/mol. The van der Waals surface area contributed by atoms with E-state index in [-0.39, 0.29) is 36.7 Å². The van der Waals surface area contributed by atoms with Gasteiger partial charge in [-0.3, -0.25) is 9.59 Å². The molecule has 1 unspecified atom stereocenters. The van der Waals surface area contributed by atoms with Crippen molar-refractivity contribution in [1.29, 1.82) is 0 Å². The Balaban J connectivity index is 1.62. The second-order valence-electron chi connectivity index (χ2n) is 6.56. The van der Waals surface area contributed by atoms with Crippen molar-refractivity contribution < 1.29 is 18.7 Å². The normalized spacial score (nSPS) is 16.8. The first kappa shape index (κ1) is 17.9. The molecule has 26 heavy (non-hydrogen) atoms. The molecule has 136 valence electrons. The van der Waals surface area contributed by atoms with Crippen molar-refractivity contribution in [2.24, 2.45) is 5.92 Å². The van der Waals surface area contributed by atoms with Gasteiger partial charge in [-0.25, -0.2) is 4.39 Å². The molecule has 1 saturated heterocycles. The molecule has 1 atom stereocenters. The summed E-state index contributed by atoms with van der Waals surface area (Å²) < 4.78 is 18.6. The van der Waals surface area contributed by atoms with Gasteiger partial charge in [-0.05, 0) is 62.4 Å². The van der Waals surface area contributed by atoms with Gasteiger partial charge < -0.3 is 15.0 Å². The van der Waals surface area contributed by atoms with Crippen LogP contribution < -0.4 is 15.0 Å². The van der Waals surface area contributed by atoms with Crippen molar-refractivity contribution in [1.82, 2.24) is 0 Å². The fraction of sp³-hybridized carbons (Fsp3) is 0.300. The second-order valence-corrected chi connectivity index (χ2v) is 6.56. The van der Waals surface area contributed by atoms with Gasteiger partial charge in [0.05, 0.1) is 12.0 Å². The van der Waals surface area contributed by atoms with Gasteiger partial charge >= 0.3 is 0 Å². The highest BCUT2D eigenvalue weighted by atomic mass is 19.1. The van der Waals surface area contributed by atoms with Crippen LogP contribution in [-0.4, -0.2) is 24.5 Å². The Morgan fingerprint density at radius 1 is 1.15 bits per heavy atom. The first-order valence-electron chi connectivity index (χ1n) is 8.56. The minimum Gasteiger partial charge on any atom is -0.491 e. The standard InChI is InChI=1S/C20H21FN2O3/c1-13(2)26-18-9-5-16(6-10-18)22-20(25)14-11-19(24)23(12-14)17-7-3-15(21)4-8-17/h3-10,13-14H,11-12H2,1-2H3,(H,22,25). The van der Waals surface area contributed by atoms with Gasteiger partial charge in [0.1, 0.15) is 11.6 Å². The first-order chi connectivity index (χ1) is 12.4. The molecule has 0 saturated carbocycles. The smallest absolute Gasteiger partial charge is 0.229 e. The number of nitrogens with zero attached hydrogens (tertiary/aromatic N) is 1. The Morgan fingerprint density at radius 3 is 2.42 bits per heavy atom. The van der Waals surface area contributed by atoms with Crippen molar-refractivity contribution in [3.8, 4) is 5.75 Å².